The Balaban J connectivity index is 1.60. The van der Waals surface area contributed by atoms with Crippen LogP contribution in [0.5, 0.6) is 11.5 Å². The third kappa shape index (κ3) is 5.72. The molecule has 0 aliphatic heterocycles. The highest BCUT2D eigenvalue weighted by Crippen LogP contribution is 2.35. The van der Waals surface area contributed by atoms with Gasteiger partial charge in [-0.25, -0.2) is 4.68 Å². The zero-order valence-electron chi connectivity index (χ0n) is 22.2. The largest absolute Gasteiger partial charge is 0.497 e. The molecule has 2 amide bonds. The van der Waals surface area contributed by atoms with Gasteiger partial charge in [0.2, 0.25) is 11.8 Å². The first-order valence-corrected chi connectivity index (χ1v) is 13.4. The summed E-state index contributed by atoms with van der Waals surface area (Å²) in [5.41, 5.74) is 2.60. The number of nitrogens with one attached hydrogen (secondary N) is 1. The van der Waals surface area contributed by atoms with Crippen LogP contribution in [0, 0.1) is 0 Å². The number of hydrogen-bond donors (Lipinski definition) is 1. The number of carbonyl (C=O) groups is 2. The summed E-state index contributed by atoms with van der Waals surface area (Å²) in [6.07, 6.45) is 4.00. The lowest BCUT2D eigenvalue weighted by Gasteiger charge is -2.33. The third-order valence-corrected chi connectivity index (χ3v) is 7.05. The van der Waals surface area contributed by atoms with Crippen LogP contribution in [0.2, 0.25) is 0 Å². The van der Waals surface area contributed by atoms with Crippen LogP contribution >= 0.6 is 0 Å². The fourth-order valence-electron chi connectivity index (χ4n) is 5.16. The maximum absolute atomic E-state index is 14.2. The molecule has 0 saturated heterocycles. The van der Waals surface area contributed by atoms with Gasteiger partial charge in [-0.05, 0) is 62.2 Å². The van der Waals surface area contributed by atoms with E-state index in [9.17, 15) is 9.59 Å². The Morgan fingerprint density at radius 2 is 1.74 bits per heavy atom. The molecule has 1 N–H and O–H groups in total. The molecule has 1 heterocycles. The van der Waals surface area contributed by atoms with Gasteiger partial charge in [-0.15, -0.1) is 5.10 Å². The number of nitrogens with zero attached hydrogens (tertiary/aromatic N) is 4. The van der Waals surface area contributed by atoms with Crippen molar-refractivity contribution in [1.82, 2.24) is 20.3 Å². The molecule has 1 unspecified atom stereocenters. The standard InChI is InChI=1S/C30H33N5O4/c1-3-39-27-15-9-6-12-24(27)29(30(37)31-21-10-4-5-11-21)35(22-16-18-23(38-2)19-17-22)28(36)20-34-26-14-8-7-13-25(26)32-33-34/h6-9,12-19,21,29H,3-5,10-11,20H2,1-2H3,(H,31,37). The van der Waals surface area contributed by atoms with Crippen molar-refractivity contribution >= 4 is 28.5 Å². The minimum absolute atomic E-state index is 0.0753. The van der Waals surface area contributed by atoms with Crippen molar-refractivity contribution in [1.29, 1.82) is 0 Å². The molecule has 9 heteroatoms. The molecule has 1 atom stereocenters. The van der Waals surface area contributed by atoms with Gasteiger partial charge in [-0.1, -0.05) is 48.4 Å². The molecule has 1 fully saturated rings. The van der Waals surface area contributed by atoms with E-state index in [1.807, 2.05) is 55.5 Å². The second kappa shape index (κ2) is 12.0. The molecular weight excluding hydrogens is 494 g/mol. The Morgan fingerprint density at radius 3 is 2.49 bits per heavy atom. The van der Waals surface area contributed by atoms with E-state index in [4.69, 9.17) is 9.47 Å². The molecule has 3 aromatic carbocycles. The van der Waals surface area contributed by atoms with Crippen molar-refractivity contribution in [2.24, 2.45) is 0 Å². The summed E-state index contributed by atoms with van der Waals surface area (Å²) in [5, 5.41) is 11.6. The number of aromatic nitrogens is 3. The smallest absolute Gasteiger partial charge is 0.249 e. The number of rotatable bonds is 10. The molecule has 1 aliphatic rings. The Hall–Kier alpha value is -4.40. The number of para-hydroxylation sites is 2. The molecule has 4 aromatic rings. The minimum atomic E-state index is -0.968. The van der Waals surface area contributed by atoms with Crippen LogP contribution in [0.25, 0.3) is 11.0 Å². The van der Waals surface area contributed by atoms with Crippen molar-refractivity contribution in [3.05, 3.63) is 78.4 Å². The maximum atomic E-state index is 14.2. The van der Waals surface area contributed by atoms with E-state index in [0.717, 1.165) is 31.2 Å². The molecule has 5 rings (SSSR count). The number of amides is 2. The lowest BCUT2D eigenvalue weighted by atomic mass is 10.0. The number of ether oxygens (including phenoxy) is 2. The van der Waals surface area contributed by atoms with Crippen LogP contribution in [0.1, 0.15) is 44.2 Å². The van der Waals surface area contributed by atoms with E-state index in [0.29, 0.717) is 34.9 Å². The fraction of sp³-hybridized carbons (Fsp3) is 0.333. The summed E-state index contributed by atoms with van der Waals surface area (Å²) < 4.78 is 12.9. The normalized spacial score (nSPS) is 14.2. The van der Waals surface area contributed by atoms with Gasteiger partial charge in [-0.3, -0.25) is 14.5 Å². The highest BCUT2D eigenvalue weighted by atomic mass is 16.5. The molecule has 0 spiro atoms. The second-order valence-corrected chi connectivity index (χ2v) is 9.56. The average molecular weight is 528 g/mol. The Bertz CT molecular complexity index is 1430. The minimum Gasteiger partial charge on any atom is -0.497 e. The van der Waals surface area contributed by atoms with Crippen molar-refractivity contribution in [3.8, 4) is 11.5 Å². The second-order valence-electron chi connectivity index (χ2n) is 9.56. The molecule has 0 bridgehead atoms. The zero-order valence-corrected chi connectivity index (χ0v) is 22.2. The topological polar surface area (TPSA) is 98.6 Å². The van der Waals surface area contributed by atoms with Crippen LogP contribution in [0.3, 0.4) is 0 Å². The van der Waals surface area contributed by atoms with Gasteiger partial charge >= 0.3 is 0 Å². The maximum Gasteiger partial charge on any atom is 0.249 e. The summed E-state index contributed by atoms with van der Waals surface area (Å²) >= 11 is 0. The van der Waals surface area contributed by atoms with Gasteiger partial charge in [0.1, 0.15) is 29.6 Å². The lowest BCUT2D eigenvalue weighted by Crippen LogP contribution is -2.47. The van der Waals surface area contributed by atoms with Crippen molar-refractivity contribution in [2.75, 3.05) is 18.6 Å². The highest BCUT2D eigenvalue weighted by Gasteiger charge is 2.36. The van der Waals surface area contributed by atoms with E-state index >= 15 is 0 Å². The van der Waals surface area contributed by atoms with Gasteiger partial charge in [0.25, 0.3) is 0 Å². The monoisotopic (exact) mass is 527 g/mol. The van der Waals surface area contributed by atoms with E-state index in [2.05, 4.69) is 15.6 Å². The Labute approximate surface area is 227 Å². The summed E-state index contributed by atoms with van der Waals surface area (Å²) in [7, 11) is 1.59. The molecule has 39 heavy (non-hydrogen) atoms. The first kappa shape index (κ1) is 26.2. The molecule has 0 radical (unpaired) electrons. The van der Waals surface area contributed by atoms with Gasteiger partial charge in [0, 0.05) is 17.3 Å². The van der Waals surface area contributed by atoms with Gasteiger partial charge in [0.15, 0.2) is 0 Å². The third-order valence-electron chi connectivity index (χ3n) is 7.05. The van der Waals surface area contributed by atoms with Crippen LogP contribution in [-0.2, 0) is 16.1 Å². The zero-order chi connectivity index (χ0) is 27.2. The number of anilines is 1. The molecular formula is C30H33N5O4. The quantitative estimate of drug-likeness (QED) is 0.322. The summed E-state index contributed by atoms with van der Waals surface area (Å²) in [6.45, 7) is 2.22. The van der Waals surface area contributed by atoms with Gasteiger partial charge in [-0.2, -0.15) is 0 Å². The van der Waals surface area contributed by atoms with E-state index in [1.54, 1.807) is 36.1 Å². The number of hydrogen-bond acceptors (Lipinski definition) is 6. The van der Waals surface area contributed by atoms with E-state index in [1.165, 1.54) is 4.90 Å². The van der Waals surface area contributed by atoms with E-state index in [-0.39, 0.29) is 24.4 Å². The predicted molar refractivity (Wildman–Crippen MR) is 149 cm³/mol. The van der Waals surface area contributed by atoms with E-state index < -0.39 is 6.04 Å². The van der Waals surface area contributed by atoms with Crippen molar-refractivity contribution in [3.63, 3.8) is 0 Å². The number of carbonyl (C=O) groups excluding carboxylic acids is 2. The van der Waals surface area contributed by atoms with Crippen molar-refractivity contribution < 1.29 is 19.1 Å². The van der Waals surface area contributed by atoms with Gasteiger partial charge in [0.05, 0.1) is 19.2 Å². The molecule has 1 aliphatic carbocycles. The summed E-state index contributed by atoms with van der Waals surface area (Å²) in [4.78, 5) is 29.9. The molecule has 202 valence electrons. The number of methoxy groups -OCH3 is 1. The lowest BCUT2D eigenvalue weighted by molar-refractivity contribution is -0.127. The fourth-order valence-corrected chi connectivity index (χ4v) is 5.16. The van der Waals surface area contributed by atoms with Gasteiger partial charge < -0.3 is 14.8 Å². The van der Waals surface area contributed by atoms with Crippen LogP contribution in [-0.4, -0.2) is 46.6 Å². The molecule has 1 aromatic heterocycles. The molecule has 1 saturated carbocycles. The number of benzene rings is 3. The van der Waals surface area contributed by atoms with Crippen LogP contribution < -0.4 is 19.7 Å². The predicted octanol–water partition coefficient (Wildman–Crippen LogP) is 4.67. The summed E-state index contributed by atoms with van der Waals surface area (Å²) in [6, 6.07) is 21.1. The Morgan fingerprint density at radius 1 is 1.03 bits per heavy atom. The molecule has 9 nitrogen and oxygen atoms in total. The van der Waals surface area contributed by atoms with Crippen LogP contribution in [0.15, 0.2) is 72.8 Å². The average Bonchev–Trinajstić information content (AvgIpc) is 3.62. The first-order valence-electron chi connectivity index (χ1n) is 13.4. The highest BCUT2D eigenvalue weighted by molar-refractivity contribution is 6.02. The van der Waals surface area contributed by atoms with Crippen molar-refractivity contribution in [2.45, 2.75) is 51.2 Å². The first-order chi connectivity index (χ1) is 19.1. The summed E-state index contributed by atoms with van der Waals surface area (Å²) in [5.74, 6) is 0.648. The van der Waals surface area contributed by atoms with Crippen LogP contribution in [0.4, 0.5) is 5.69 Å². The SMILES string of the molecule is CCOc1ccccc1C(C(=O)NC1CCCC1)N(C(=O)Cn1nnc2ccccc21)c1ccc(OC)cc1. The Kier molecular flexibility index (Phi) is 8.05. The number of fused-ring (bicyclic) bond motifs is 1.